The average Bonchev–Trinajstić information content (AvgIpc) is 2.68. The lowest BCUT2D eigenvalue weighted by atomic mass is 10.7. The summed E-state index contributed by atoms with van der Waals surface area (Å²) in [5.41, 5.74) is 9.81. The van der Waals surface area contributed by atoms with Crippen LogP contribution in [0.5, 0.6) is 0 Å². The molecule has 0 saturated heterocycles. The first-order chi connectivity index (χ1) is 9.91. The van der Waals surface area contributed by atoms with Gasteiger partial charge < -0.3 is 11.5 Å². The second kappa shape index (κ2) is 165000. The lowest BCUT2D eigenvalue weighted by molar-refractivity contribution is 0.976. The molecule has 0 spiro atoms. The van der Waals surface area contributed by atoms with E-state index in [9.17, 15) is 0 Å². The molecule has 2 heteroatoms. The van der Waals surface area contributed by atoms with Crippen LogP contribution in [0.4, 0.5) is 0 Å². The van der Waals surface area contributed by atoms with E-state index in [0.29, 0.717) is 13.1 Å². The van der Waals surface area contributed by atoms with E-state index in [4.69, 9.17) is 11.5 Å². The summed E-state index contributed by atoms with van der Waals surface area (Å²) in [5, 5.41) is 0. The zero-order valence-electron chi connectivity index (χ0n) is 13.9. The molecule has 0 aromatic carbocycles. The van der Waals surface area contributed by atoms with Crippen LogP contribution in [0.2, 0.25) is 0 Å². The molecule has 4 N–H and O–H groups in total. The van der Waals surface area contributed by atoms with Gasteiger partial charge in [0.15, 0.2) is 0 Å². The summed E-state index contributed by atoms with van der Waals surface area (Å²) < 4.78 is 0. The van der Waals surface area contributed by atoms with Crippen molar-refractivity contribution in [3.05, 3.63) is 105 Å². The Morgan fingerprint density at radius 3 is 0.350 bits per heavy atom. The van der Waals surface area contributed by atoms with Gasteiger partial charge in [0.2, 0.25) is 0 Å². The number of hydrogen-bond acceptors (Lipinski definition) is 2. The Hall–Kier alpha value is -2.16. The molecule has 0 aliphatic carbocycles. The van der Waals surface area contributed by atoms with Gasteiger partial charge in [-0.25, -0.2) is 0 Å². The Kier molecular flexibility index (Phi) is 534000. The second-order valence-electron chi connectivity index (χ2n) is 0.577. The summed E-state index contributed by atoms with van der Waals surface area (Å²) in [6, 6.07) is 0. The molecule has 0 bridgehead atoms. The lowest BCUT2D eigenvalue weighted by Gasteiger charge is -1.72. The largest absolute Gasteiger partial charge is 0.329 e. The van der Waals surface area contributed by atoms with Crippen LogP contribution in [0.1, 0.15) is 0 Å². The third kappa shape index (κ3) is 2590. The van der Waals surface area contributed by atoms with Crippen LogP contribution in [0.25, 0.3) is 0 Å². The SMILES string of the molecule is C=C.C=C.C=C.C=C.C=C.C=C.C=C.C=C.NCCN. The van der Waals surface area contributed by atoms with Gasteiger partial charge in [0.05, 0.1) is 0 Å². The average molecular weight is 285 g/mol. The van der Waals surface area contributed by atoms with Gasteiger partial charge in [-0.1, -0.05) is 0 Å². The van der Waals surface area contributed by atoms with E-state index in [1.165, 1.54) is 0 Å². The van der Waals surface area contributed by atoms with E-state index >= 15 is 0 Å². The highest BCUT2D eigenvalue weighted by Crippen LogP contribution is 1.24. The van der Waals surface area contributed by atoms with E-state index in [0.717, 1.165) is 0 Å². The van der Waals surface area contributed by atoms with Crippen molar-refractivity contribution < 1.29 is 0 Å². The fourth-order valence-electron chi connectivity index (χ4n) is 0. The van der Waals surface area contributed by atoms with Gasteiger partial charge in [0.25, 0.3) is 0 Å². The van der Waals surface area contributed by atoms with E-state index < -0.39 is 0 Å². The maximum atomic E-state index is 4.90. The molecule has 0 saturated carbocycles. The van der Waals surface area contributed by atoms with Gasteiger partial charge in [-0.15, -0.1) is 105 Å². The lowest BCUT2D eigenvalue weighted by Crippen LogP contribution is -2.11. The van der Waals surface area contributed by atoms with E-state index in [2.05, 4.69) is 105 Å². The quantitative estimate of drug-likeness (QED) is 0.640. The molecule has 0 heterocycles. The van der Waals surface area contributed by atoms with Crippen molar-refractivity contribution in [1.29, 1.82) is 0 Å². The molecule has 0 atom stereocenters. The minimum atomic E-state index is 0.597. The first-order valence-corrected chi connectivity index (χ1v) is 5.32. The topological polar surface area (TPSA) is 52.0 Å². The Balaban J connectivity index is -0.00000000993. The number of nitrogens with two attached hydrogens (primary N) is 2. The highest BCUT2D eigenvalue weighted by Gasteiger charge is 1.54. The maximum Gasteiger partial charge on any atom is 0.00461 e. The van der Waals surface area contributed by atoms with E-state index in [1.807, 2.05) is 0 Å². The molecular formula is C18H40N2. The smallest absolute Gasteiger partial charge is 0.00461 e. The van der Waals surface area contributed by atoms with Crippen molar-refractivity contribution in [2.75, 3.05) is 13.1 Å². The molecule has 0 aromatic rings. The number of rotatable bonds is 1. The van der Waals surface area contributed by atoms with Crippen molar-refractivity contribution in [2.24, 2.45) is 11.5 Å². The first kappa shape index (κ1) is 64.7. The van der Waals surface area contributed by atoms with Crippen molar-refractivity contribution in [2.45, 2.75) is 0 Å². The van der Waals surface area contributed by atoms with Crippen LogP contribution in [0, 0.1) is 0 Å². The molecule has 0 unspecified atom stereocenters. The Bertz CT molecular complexity index is 49.8. The highest BCUT2D eigenvalue weighted by atomic mass is 14.6. The molecule has 0 aromatic heterocycles. The molecular weight excluding hydrogens is 244 g/mol. The molecule has 0 aliphatic heterocycles. The van der Waals surface area contributed by atoms with Gasteiger partial charge in [-0.05, 0) is 0 Å². The fraction of sp³-hybridized carbons (Fsp3) is 0.111. The molecule has 0 radical (unpaired) electrons. The van der Waals surface area contributed by atoms with Gasteiger partial charge in [-0.3, -0.25) is 0 Å². The minimum Gasteiger partial charge on any atom is -0.329 e. The number of hydrogen-bond donors (Lipinski definition) is 2. The zero-order valence-corrected chi connectivity index (χ0v) is 13.9. The molecule has 2 nitrogen and oxygen atoms in total. The molecule has 0 amide bonds. The van der Waals surface area contributed by atoms with Gasteiger partial charge >= 0.3 is 0 Å². The molecule has 20 heavy (non-hydrogen) atoms. The van der Waals surface area contributed by atoms with Crippen LogP contribution in [-0.2, 0) is 0 Å². The van der Waals surface area contributed by atoms with E-state index in [-0.39, 0.29) is 0 Å². The third-order valence-electron chi connectivity index (χ3n) is 0.167. The summed E-state index contributed by atoms with van der Waals surface area (Å²) in [7, 11) is 0. The fourth-order valence-corrected chi connectivity index (χ4v) is 0. The summed E-state index contributed by atoms with van der Waals surface area (Å²) in [6.45, 7) is 49.2. The van der Waals surface area contributed by atoms with Crippen molar-refractivity contribution in [3.8, 4) is 0 Å². The Morgan fingerprint density at radius 1 is 0.300 bits per heavy atom. The Labute approximate surface area is 130 Å². The predicted molar refractivity (Wildman–Crippen MR) is 108 cm³/mol. The third-order valence-corrected chi connectivity index (χ3v) is 0.167. The van der Waals surface area contributed by atoms with E-state index in [1.54, 1.807) is 0 Å². The monoisotopic (exact) mass is 284 g/mol. The molecule has 0 aliphatic rings. The highest BCUT2D eigenvalue weighted by molar-refractivity contribution is 4.26. The maximum absolute atomic E-state index is 4.90. The van der Waals surface area contributed by atoms with Crippen molar-refractivity contribution in [1.82, 2.24) is 0 Å². The summed E-state index contributed by atoms with van der Waals surface area (Å²) in [5.74, 6) is 0. The van der Waals surface area contributed by atoms with Gasteiger partial charge in [0, 0.05) is 13.1 Å². The second-order valence-corrected chi connectivity index (χ2v) is 0.577. The first-order valence-electron chi connectivity index (χ1n) is 5.32. The van der Waals surface area contributed by atoms with Crippen LogP contribution in [-0.4, -0.2) is 13.1 Å². The van der Waals surface area contributed by atoms with Gasteiger partial charge in [0.1, 0.15) is 0 Å². The minimum absolute atomic E-state index is 0.597. The van der Waals surface area contributed by atoms with Crippen LogP contribution in [0.3, 0.4) is 0 Å². The summed E-state index contributed by atoms with van der Waals surface area (Å²) >= 11 is 0. The molecule has 0 rings (SSSR count). The zero-order chi connectivity index (χ0) is 19.4. The van der Waals surface area contributed by atoms with Crippen LogP contribution in [0.15, 0.2) is 105 Å². The van der Waals surface area contributed by atoms with Crippen molar-refractivity contribution >= 4 is 0 Å². The summed E-state index contributed by atoms with van der Waals surface area (Å²) in [4.78, 5) is 0. The van der Waals surface area contributed by atoms with Gasteiger partial charge in [-0.2, -0.15) is 0 Å². The Morgan fingerprint density at radius 2 is 0.350 bits per heavy atom. The molecule has 122 valence electrons. The standard InChI is InChI=1S/C2H8N2.8C2H4/c3-1-2-4;8*1-2/h1-4H2;8*1-2H2. The normalized spacial score (nSPS) is 3.10. The predicted octanol–water partition coefficient (Wildman–Crippen LogP) is 5.32. The van der Waals surface area contributed by atoms with Crippen LogP contribution < -0.4 is 11.5 Å². The summed E-state index contributed by atoms with van der Waals surface area (Å²) in [6.07, 6.45) is 0. The van der Waals surface area contributed by atoms with Crippen LogP contribution >= 0.6 is 0 Å². The molecule has 0 fully saturated rings. The van der Waals surface area contributed by atoms with Crippen molar-refractivity contribution in [3.63, 3.8) is 0 Å².